The number of aromatic nitrogens is 2. The summed E-state index contributed by atoms with van der Waals surface area (Å²) >= 11 is 0. The summed E-state index contributed by atoms with van der Waals surface area (Å²) in [6.07, 6.45) is -2.53. The predicted molar refractivity (Wildman–Crippen MR) is 67.5 cm³/mol. The Morgan fingerprint density at radius 2 is 1.84 bits per heavy atom. The summed E-state index contributed by atoms with van der Waals surface area (Å²) in [6, 6.07) is 5.01. The lowest BCUT2D eigenvalue weighted by atomic mass is 10.2. The zero-order chi connectivity index (χ0) is 14.0. The van der Waals surface area contributed by atoms with Crippen LogP contribution >= 0.6 is 0 Å². The monoisotopic (exact) mass is 269 g/mol. The Balaban J connectivity index is 2.37. The number of alkyl halides is 3. The third kappa shape index (κ3) is 2.89. The number of hydrogen-bond donors (Lipinski definition) is 1. The van der Waals surface area contributed by atoms with E-state index in [2.05, 4.69) is 10.3 Å². The van der Waals surface area contributed by atoms with Crippen LogP contribution in [0.1, 0.15) is 18.2 Å². The van der Waals surface area contributed by atoms with Crippen molar-refractivity contribution in [2.24, 2.45) is 0 Å². The molecule has 0 aliphatic heterocycles. The Morgan fingerprint density at radius 1 is 1.21 bits per heavy atom. The number of anilines is 1. The molecule has 1 aromatic carbocycles. The van der Waals surface area contributed by atoms with Crippen molar-refractivity contribution < 1.29 is 13.2 Å². The SMILES string of the molecule is CCNc1nc(C)cn1-c1ccc(C(F)(F)F)cc1. The molecule has 2 aromatic rings. The molecule has 102 valence electrons. The van der Waals surface area contributed by atoms with Crippen molar-refractivity contribution in [3.05, 3.63) is 41.7 Å². The summed E-state index contributed by atoms with van der Waals surface area (Å²) in [4.78, 5) is 4.28. The topological polar surface area (TPSA) is 29.9 Å². The first-order valence-corrected chi connectivity index (χ1v) is 5.89. The van der Waals surface area contributed by atoms with Gasteiger partial charge >= 0.3 is 6.18 Å². The molecule has 0 amide bonds. The second-order valence-corrected chi connectivity index (χ2v) is 4.15. The van der Waals surface area contributed by atoms with E-state index in [0.717, 1.165) is 17.8 Å². The van der Waals surface area contributed by atoms with Gasteiger partial charge in [-0.15, -0.1) is 0 Å². The molecule has 1 aromatic heterocycles. The molecular formula is C13H14F3N3. The van der Waals surface area contributed by atoms with Crippen LogP contribution in [0.5, 0.6) is 0 Å². The van der Waals surface area contributed by atoms with Crippen LogP contribution in [-0.4, -0.2) is 16.1 Å². The first-order chi connectivity index (χ1) is 8.91. The van der Waals surface area contributed by atoms with E-state index in [4.69, 9.17) is 0 Å². The molecule has 0 bridgehead atoms. The summed E-state index contributed by atoms with van der Waals surface area (Å²) in [7, 11) is 0. The number of aryl methyl sites for hydroxylation is 1. The fourth-order valence-electron chi connectivity index (χ4n) is 1.79. The van der Waals surface area contributed by atoms with Gasteiger partial charge in [-0.1, -0.05) is 0 Å². The highest BCUT2D eigenvalue weighted by Crippen LogP contribution is 2.30. The molecule has 0 saturated carbocycles. The van der Waals surface area contributed by atoms with E-state index in [9.17, 15) is 13.2 Å². The molecule has 2 rings (SSSR count). The molecule has 0 aliphatic rings. The van der Waals surface area contributed by atoms with Gasteiger partial charge in [0.1, 0.15) is 0 Å². The Hall–Kier alpha value is -1.98. The molecule has 0 unspecified atom stereocenters. The van der Waals surface area contributed by atoms with Crippen molar-refractivity contribution in [3.63, 3.8) is 0 Å². The number of halogens is 3. The normalized spacial score (nSPS) is 11.6. The minimum Gasteiger partial charge on any atom is -0.356 e. The Morgan fingerprint density at radius 3 is 2.37 bits per heavy atom. The first-order valence-electron chi connectivity index (χ1n) is 5.89. The smallest absolute Gasteiger partial charge is 0.356 e. The maximum Gasteiger partial charge on any atom is 0.416 e. The molecule has 6 heteroatoms. The molecule has 0 spiro atoms. The van der Waals surface area contributed by atoms with E-state index in [1.807, 2.05) is 13.8 Å². The van der Waals surface area contributed by atoms with E-state index in [1.54, 1.807) is 10.8 Å². The fourth-order valence-corrected chi connectivity index (χ4v) is 1.79. The lowest BCUT2D eigenvalue weighted by Crippen LogP contribution is -2.07. The van der Waals surface area contributed by atoms with Gasteiger partial charge < -0.3 is 5.32 Å². The highest BCUT2D eigenvalue weighted by molar-refractivity contribution is 5.44. The molecule has 1 N–H and O–H groups in total. The van der Waals surface area contributed by atoms with Crippen LogP contribution in [-0.2, 0) is 6.18 Å². The van der Waals surface area contributed by atoms with E-state index in [0.29, 0.717) is 18.2 Å². The zero-order valence-corrected chi connectivity index (χ0v) is 10.6. The molecule has 0 atom stereocenters. The van der Waals surface area contributed by atoms with Crippen LogP contribution in [0.2, 0.25) is 0 Å². The minimum atomic E-state index is -4.31. The zero-order valence-electron chi connectivity index (χ0n) is 10.6. The van der Waals surface area contributed by atoms with Gasteiger partial charge in [0.25, 0.3) is 0 Å². The second-order valence-electron chi connectivity index (χ2n) is 4.15. The molecule has 0 fully saturated rings. The average molecular weight is 269 g/mol. The molecular weight excluding hydrogens is 255 g/mol. The van der Waals surface area contributed by atoms with Crippen LogP contribution in [0.15, 0.2) is 30.5 Å². The summed E-state index contributed by atoms with van der Waals surface area (Å²) < 4.78 is 39.2. The first kappa shape index (κ1) is 13.5. The molecule has 0 aliphatic carbocycles. The fraction of sp³-hybridized carbons (Fsp3) is 0.308. The van der Waals surface area contributed by atoms with Crippen molar-refractivity contribution in [1.29, 1.82) is 0 Å². The number of benzene rings is 1. The summed E-state index contributed by atoms with van der Waals surface area (Å²) in [5.41, 5.74) is 0.790. The largest absolute Gasteiger partial charge is 0.416 e. The Kier molecular flexibility index (Phi) is 3.50. The standard InChI is InChI=1S/C13H14F3N3/c1-3-17-12-18-9(2)8-19(12)11-6-4-10(5-7-11)13(14,15)16/h4-8H,3H2,1-2H3,(H,17,18). The average Bonchev–Trinajstić information content (AvgIpc) is 2.70. The molecule has 1 heterocycles. The lowest BCUT2D eigenvalue weighted by molar-refractivity contribution is -0.137. The minimum absolute atomic E-state index is 0.625. The Bertz CT molecular complexity index is 556. The van der Waals surface area contributed by atoms with E-state index in [-0.39, 0.29) is 0 Å². The molecule has 3 nitrogen and oxygen atoms in total. The molecule has 0 saturated heterocycles. The second kappa shape index (κ2) is 4.95. The maximum absolute atomic E-state index is 12.5. The third-order valence-corrected chi connectivity index (χ3v) is 2.63. The number of imidazole rings is 1. The number of nitrogens with one attached hydrogen (secondary N) is 1. The highest BCUT2D eigenvalue weighted by atomic mass is 19.4. The lowest BCUT2D eigenvalue weighted by Gasteiger charge is -2.10. The van der Waals surface area contributed by atoms with Crippen LogP contribution in [0.25, 0.3) is 5.69 Å². The van der Waals surface area contributed by atoms with Crippen molar-refractivity contribution >= 4 is 5.95 Å². The Labute approximate surface area is 109 Å². The van der Waals surface area contributed by atoms with Gasteiger partial charge in [0.2, 0.25) is 5.95 Å². The van der Waals surface area contributed by atoms with Crippen LogP contribution < -0.4 is 5.32 Å². The van der Waals surface area contributed by atoms with Gasteiger partial charge in [0, 0.05) is 18.4 Å². The van der Waals surface area contributed by atoms with Gasteiger partial charge in [-0.2, -0.15) is 13.2 Å². The molecule has 19 heavy (non-hydrogen) atoms. The van der Waals surface area contributed by atoms with Gasteiger partial charge in [0.15, 0.2) is 0 Å². The summed E-state index contributed by atoms with van der Waals surface area (Å²) in [5, 5.41) is 3.07. The third-order valence-electron chi connectivity index (χ3n) is 2.63. The van der Waals surface area contributed by atoms with Crippen LogP contribution in [0.4, 0.5) is 19.1 Å². The predicted octanol–water partition coefficient (Wildman–Crippen LogP) is 3.63. The molecule has 0 radical (unpaired) electrons. The van der Waals surface area contributed by atoms with Gasteiger partial charge in [-0.3, -0.25) is 4.57 Å². The number of rotatable bonds is 3. The van der Waals surface area contributed by atoms with E-state index >= 15 is 0 Å². The highest BCUT2D eigenvalue weighted by Gasteiger charge is 2.30. The quantitative estimate of drug-likeness (QED) is 0.922. The van der Waals surface area contributed by atoms with Crippen LogP contribution in [0.3, 0.4) is 0 Å². The number of nitrogens with zero attached hydrogens (tertiary/aromatic N) is 2. The van der Waals surface area contributed by atoms with Gasteiger partial charge in [-0.05, 0) is 38.1 Å². The maximum atomic E-state index is 12.5. The number of hydrogen-bond acceptors (Lipinski definition) is 2. The van der Waals surface area contributed by atoms with Gasteiger partial charge in [-0.25, -0.2) is 4.98 Å². The van der Waals surface area contributed by atoms with Crippen molar-refractivity contribution in [2.45, 2.75) is 20.0 Å². The van der Waals surface area contributed by atoms with Gasteiger partial charge in [0.05, 0.1) is 11.3 Å². The van der Waals surface area contributed by atoms with E-state index in [1.165, 1.54) is 12.1 Å². The van der Waals surface area contributed by atoms with Crippen molar-refractivity contribution in [3.8, 4) is 5.69 Å². The van der Waals surface area contributed by atoms with E-state index < -0.39 is 11.7 Å². The van der Waals surface area contributed by atoms with Crippen molar-refractivity contribution in [2.75, 3.05) is 11.9 Å². The summed E-state index contributed by atoms with van der Waals surface area (Å²) in [5.74, 6) is 0.625. The summed E-state index contributed by atoms with van der Waals surface area (Å²) in [6.45, 7) is 4.46. The van der Waals surface area contributed by atoms with Crippen LogP contribution in [0, 0.1) is 6.92 Å². The van der Waals surface area contributed by atoms with Crippen molar-refractivity contribution in [1.82, 2.24) is 9.55 Å².